The van der Waals surface area contributed by atoms with Crippen molar-refractivity contribution in [2.75, 3.05) is 5.32 Å². The van der Waals surface area contributed by atoms with E-state index in [2.05, 4.69) is 24.1 Å². The van der Waals surface area contributed by atoms with Crippen LogP contribution < -0.4 is 5.32 Å². The smallest absolute Gasteiger partial charge is 0.230 e. The Hall–Kier alpha value is -1.39. The Labute approximate surface area is 128 Å². The molecule has 3 nitrogen and oxygen atoms in total. The number of amides is 1. The molecule has 0 unspecified atom stereocenters. The number of benzene rings is 1. The van der Waals surface area contributed by atoms with Gasteiger partial charge >= 0.3 is 0 Å². The predicted molar refractivity (Wildman–Crippen MR) is 84.7 cm³/mol. The van der Waals surface area contributed by atoms with Crippen molar-refractivity contribution in [2.24, 2.45) is 0 Å². The number of nitrogens with zero attached hydrogens (tertiary/aromatic N) is 1. The highest BCUT2D eigenvalue weighted by molar-refractivity contribution is 7.09. The number of halogens is 1. The zero-order valence-electron chi connectivity index (χ0n) is 11.7. The third kappa shape index (κ3) is 3.81. The fraction of sp³-hybridized carbons (Fsp3) is 0.333. The summed E-state index contributed by atoms with van der Waals surface area (Å²) in [7, 11) is 0. The summed E-state index contributed by atoms with van der Waals surface area (Å²) in [6.07, 6.45) is 0.287. The van der Waals surface area contributed by atoms with E-state index >= 15 is 0 Å². The van der Waals surface area contributed by atoms with Crippen LogP contribution in [0.1, 0.15) is 36.0 Å². The molecule has 0 aliphatic heterocycles. The van der Waals surface area contributed by atoms with Gasteiger partial charge in [-0.15, -0.1) is 11.3 Å². The lowest BCUT2D eigenvalue weighted by Gasteiger charge is -2.08. The van der Waals surface area contributed by atoms with Gasteiger partial charge in [-0.1, -0.05) is 31.5 Å². The quantitative estimate of drug-likeness (QED) is 0.909. The van der Waals surface area contributed by atoms with Crippen molar-refractivity contribution in [1.29, 1.82) is 0 Å². The van der Waals surface area contributed by atoms with Gasteiger partial charge in [-0.25, -0.2) is 4.98 Å². The minimum atomic E-state index is -0.0732. The molecule has 0 spiro atoms. The van der Waals surface area contributed by atoms with Crippen LogP contribution in [0, 0.1) is 6.92 Å². The largest absolute Gasteiger partial charge is 0.325 e. The van der Waals surface area contributed by atoms with Crippen molar-refractivity contribution in [2.45, 2.75) is 33.1 Å². The number of anilines is 1. The number of carbonyl (C=O) groups excluding carboxylic acids is 1. The number of nitrogens with one attached hydrogen (secondary N) is 1. The number of aryl methyl sites for hydroxylation is 1. The van der Waals surface area contributed by atoms with Crippen LogP contribution >= 0.6 is 22.9 Å². The molecular weight excluding hydrogens is 292 g/mol. The van der Waals surface area contributed by atoms with E-state index in [0.29, 0.717) is 10.9 Å². The van der Waals surface area contributed by atoms with Gasteiger partial charge in [0.05, 0.1) is 17.1 Å². The standard InChI is InChI=1S/C15H17ClN2OS/c1-9(2)15-17-12(8-20-15)7-14(19)18-13-6-11(16)5-4-10(13)3/h4-6,8-9H,7H2,1-3H3,(H,18,19). The van der Waals surface area contributed by atoms with Crippen LogP contribution in [0.25, 0.3) is 0 Å². The molecule has 20 heavy (non-hydrogen) atoms. The van der Waals surface area contributed by atoms with Crippen LogP contribution in [0.5, 0.6) is 0 Å². The lowest BCUT2D eigenvalue weighted by Crippen LogP contribution is -2.15. The number of aromatic nitrogens is 1. The Morgan fingerprint density at radius 3 is 2.85 bits per heavy atom. The molecule has 1 amide bonds. The summed E-state index contributed by atoms with van der Waals surface area (Å²) in [5.41, 5.74) is 2.56. The first-order valence-electron chi connectivity index (χ1n) is 6.46. The van der Waals surface area contributed by atoms with E-state index in [0.717, 1.165) is 22.0 Å². The average Bonchev–Trinajstić information content (AvgIpc) is 2.82. The second-order valence-corrected chi connectivity index (χ2v) is 6.34. The van der Waals surface area contributed by atoms with Gasteiger partial charge in [0.1, 0.15) is 0 Å². The average molecular weight is 309 g/mol. The van der Waals surface area contributed by atoms with Crippen LogP contribution in [0.2, 0.25) is 5.02 Å². The molecule has 0 bridgehead atoms. The fourth-order valence-corrected chi connectivity index (χ4v) is 2.76. The van der Waals surface area contributed by atoms with Crippen molar-refractivity contribution < 1.29 is 4.79 Å². The second kappa shape index (κ2) is 6.37. The minimum absolute atomic E-state index is 0.0732. The van der Waals surface area contributed by atoms with Crippen LogP contribution in [0.3, 0.4) is 0 Å². The highest BCUT2D eigenvalue weighted by Gasteiger charge is 2.11. The maximum Gasteiger partial charge on any atom is 0.230 e. The van der Waals surface area contributed by atoms with E-state index in [4.69, 9.17) is 11.6 Å². The topological polar surface area (TPSA) is 42.0 Å². The Balaban J connectivity index is 2.03. The van der Waals surface area contributed by atoms with Crippen molar-refractivity contribution in [3.05, 3.63) is 44.9 Å². The van der Waals surface area contributed by atoms with Gasteiger partial charge in [0, 0.05) is 22.0 Å². The third-order valence-electron chi connectivity index (χ3n) is 2.88. The zero-order valence-corrected chi connectivity index (χ0v) is 13.3. The van der Waals surface area contributed by atoms with Crippen molar-refractivity contribution >= 4 is 34.5 Å². The molecule has 1 N–H and O–H groups in total. The SMILES string of the molecule is Cc1ccc(Cl)cc1NC(=O)Cc1csc(C(C)C)n1. The summed E-state index contributed by atoms with van der Waals surface area (Å²) in [6.45, 7) is 6.13. The Kier molecular flexibility index (Phi) is 4.78. The molecular formula is C15H17ClN2OS. The Morgan fingerprint density at radius 1 is 1.45 bits per heavy atom. The van der Waals surface area contributed by atoms with E-state index < -0.39 is 0 Å². The molecule has 0 aliphatic rings. The molecule has 106 valence electrons. The predicted octanol–water partition coefficient (Wildman–Crippen LogP) is 4.41. The van der Waals surface area contributed by atoms with E-state index in [1.807, 2.05) is 24.4 Å². The highest BCUT2D eigenvalue weighted by Crippen LogP contribution is 2.22. The van der Waals surface area contributed by atoms with Gasteiger partial charge in [0.2, 0.25) is 5.91 Å². The van der Waals surface area contributed by atoms with Crippen molar-refractivity contribution in [3.8, 4) is 0 Å². The maximum absolute atomic E-state index is 12.0. The molecule has 0 saturated carbocycles. The summed E-state index contributed by atoms with van der Waals surface area (Å²) in [6, 6.07) is 5.45. The number of rotatable bonds is 4. The molecule has 0 atom stereocenters. The Bertz CT molecular complexity index is 622. The summed E-state index contributed by atoms with van der Waals surface area (Å²) in [5, 5.41) is 6.50. The molecule has 0 fully saturated rings. The minimum Gasteiger partial charge on any atom is -0.325 e. The molecule has 5 heteroatoms. The van der Waals surface area contributed by atoms with Crippen LogP contribution in [0.15, 0.2) is 23.6 Å². The normalized spacial score (nSPS) is 10.8. The molecule has 1 aromatic carbocycles. The van der Waals surface area contributed by atoms with Crippen LogP contribution in [-0.2, 0) is 11.2 Å². The zero-order chi connectivity index (χ0) is 14.7. The third-order valence-corrected chi connectivity index (χ3v) is 4.31. The molecule has 1 aromatic heterocycles. The van der Waals surface area contributed by atoms with E-state index in [1.54, 1.807) is 17.4 Å². The van der Waals surface area contributed by atoms with Crippen LogP contribution in [0.4, 0.5) is 5.69 Å². The number of carbonyl (C=O) groups is 1. The lowest BCUT2D eigenvalue weighted by atomic mass is 10.2. The first kappa shape index (κ1) is 15.0. The second-order valence-electron chi connectivity index (χ2n) is 5.02. The number of hydrogen-bond acceptors (Lipinski definition) is 3. The van der Waals surface area contributed by atoms with E-state index in [1.165, 1.54) is 0 Å². The van der Waals surface area contributed by atoms with Gasteiger partial charge < -0.3 is 5.32 Å². The molecule has 1 heterocycles. The van der Waals surface area contributed by atoms with Crippen molar-refractivity contribution in [3.63, 3.8) is 0 Å². The van der Waals surface area contributed by atoms with Gasteiger partial charge in [-0.2, -0.15) is 0 Å². The van der Waals surface area contributed by atoms with Gasteiger partial charge in [0.15, 0.2) is 0 Å². The van der Waals surface area contributed by atoms with E-state index in [-0.39, 0.29) is 12.3 Å². The van der Waals surface area contributed by atoms with Gasteiger partial charge in [-0.05, 0) is 24.6 Å². The van der Waals surface area contributed by atoms with Gasteiger partial charge in [0.25, 0.3) is 0 Å². The first-order chi connectivity index (χ1) is 9.45. The molecule has 0 saturated heterocycles. The monoisotopic (exact) mass is 308 g/mol. The molecule has 0 radical (unpaired) electrons. The number of thiazole rings is 1. The molecule has 0 aliphatic carbocycles. The summed E-state index contributed by atoms with van der Waals surface area (Å²) >= 11 is 7.54. The number of hydrogen-bond donors (Lipinski definition) is 1. The summed E-state index contributed by atoms with van der Waals surface area (Å²) in [5.74, 6) is 0.322. The fourth-order valence-electron chi connectivity index (χ4n) is 1.76. The summed E-state index contributed by atoms with van der Waals surface area (Å²) < 4.78 is 0. The molecule has 2 rings (SSSR count). The Morgan fingerprint density at radius 2 is 2.20 bits per heavy atom. The highest BCUT2D eigenvalue weighted by atomic mass is 35.5. The first-order valence-corrected chi connectivity index (χ1v) is 7.71. The van der Waals surface area contributed by atoms with Gasteiger partial charge in [-0.3, -0.25) is 4.79 Å². The maximum atomic E-state index is 12.0. The van der Waals surface area contributed by atoms with Crippen molar-refractivity contribution in [1.82, 2.24) is 4.98 Å². The van der Waals surface area contributed by atoms with Crippen LogP contribution in [-0.4, -0.2) is 10.9 Å². The van der Waals surface area contributed by atoms with E-state index in [9.17, 15) is 4.79 Å². The molecule has 2 aromatic rings. The summed E-state index contributed by atoms with van der Waals surface area (Å²) in [4.78, 5) is 16.5. The lowest BCUT2D eigenvalue weighted by molar-refractivity contribution is -0.115.